The average molecular weight is 495 g/mol. The Hall–Kier alpha value is -4.18. The Bertz CT molecular complexity index is 1570. The van der Waals surface area contributed by atoms with Crippen LogP contribution in [0.2, 0.25) is 0 Å². The molecular weight excluding hydrogens is 471 g/mol. The van der Waals surface area contributed by atoms with Crippen LogP contribution in [0.3, 0.4) is 0 Å². The zero-order valence-corrected chi connectivity index (χ0v) is 20.1. The number of halogens is 1. The Morgan fingerprint density at radius 1 is 0.943 bits per heavy atom. The van der Waals surface area contributed by atoms with Gasteiger partial charge in [-0.25, -0.2) is 17.5 Å². The summed E-state index contributed by atoms with van der Waals surface area (Å²) in [5.74, 6) is -1.16. The molecule has 1 aromatic heterocycles. The number of para-hydroxylation sites is 1. The zero-order chi connectivity index (χ0) is 25.3. The maximum Gasteiger partial charge on any atom is 0.296 e. The number of carbonyl (C=O) groups excluding carboxylic acids is 1. The van der Waals surface area contributed by atoms with Crippen LogP contribution in [0, 0.1) is 19.7 Å². The Labute approximate surface area is 201 Å². The highest BCUT2D eigenvalue weighted by atomic mass is 32.2. The Morgan fingerprint density at radius 2 is 1.60 bits per heavy atom. The van der Waals surface area contributed by atoms with Crippen molar-refractivity contribution < 1.29 is 17.6 Å². The largest absolute Gasteiger partial charge is 0.319 e. The summed E-state index contributed by atoms with van der Waals surface area (Å²) < 4.78 is 45.2. The highest BCUT2D eigenvalue weighted by Crippen LogP contribution is 2.20. The molecule has 1 amide bonds. The van der Waals surface area contributed by atoms with Crippen molar-refractivity contribution in [3.8, 4) is 5.69 Å². The van der Waals surface area contributed by atoms with Gasteiger partial charge in [-0.1, -0.05) is 24.3 Å². The lowest BCUT2D eigenvalue weighted by molar-refractivity contribution is 0.102. The van der Waals surface area contributed by atoms with E-state index in [1.807, 2.05) is 6.07 Å². The van der Waals surface area contributed by atoms with Crippen LogP contribution >= 0.6 is 0 Å². The fourth-order valence-corrected chi connectivity index (χ4v) is 4.71. The molecule has 0 saturated heterocycles. The molecule has 0 atom stereocenters. The van der Waals surface area contributed by atoms with Crippen LogP contribution < -0.4 is 15.6 Å². The number of nitrogens with one attached hydrogen (secondary N) is 2. The number of aryl methyl sites for hydroxylation is 1. The molecule has 0 bridgehead atoms. The number of nitrogens with zero attached hydrogens (tertiary/aromatic N) is 2. The summed E-state index contributed by atoms with van der Waals surface area (Å²) in [6.07, 6.45) is 0. The lowest BCUT2D eigenvalue weighted by Crippen LogP contribution is -2.23. The summed E-state index contributed by atoms with van der Waals surface area (Å²) >= 11 is 0. The lowest BCUT2D eigenvalue weighted by Gasteiger charge is -2.09. The third kappa shape index (κ3) is 4.73. The van der Waals surface area contributed by atoms with E-state index < -0.39 is 27.3 Å². The monoisotopic (exact) mass is 494 g/mol. The number of aromatic nitrogens is 2. The number of benzene rings is 3. The second-order valence-corrected chi connectivity index (χ2v) is 9.69. The minimum Gasteiger partial charge on any atom is -0.319 e. The van der Waals surface area contributed by atoms with Gasteiger partial charge in [-0.3, -0.25) is 19.0 Å². The standard InChI is InChI=1S/C25H23FN4O4S/c1-16-9-14-21(26)22(15-16)27-24(31)18-10-12-20(13-11-18)35(33,34)28-23-17(2)29(3)30(25(23)32)19-7-5-4-6-8-19/h4-15,28H,1-3H3,(H,27,31). The summed E-state index contributed by atoms with van der Waals surface area (Å²) in [6.45, 7) is 3.40. The quantitative estimate of drug-likeness (QED) is 0.423. The molecule has 2 N–H and O–H groups in total. The van der Waals surface area contributed by atoms with Gasteiger partial charge in [-0.15, -0.1) is 0 Å². The molecule has 10 heteroatoms. The number of sulfonamides is 1. The second-order valence-electron chi connectivity index (χ2n) is 8.00. The van der Waals surface area contributed by atoms with Crippen molar-refractivity contribution in [3.05, 3.63) is 106 Å². The maximum atomic E-state index is 13.9. The fourth-order valence-electron chi connectivity index (χ4n) is 3.59. The molecule has 8 nitrogen and oxygen atoms in total. The molecule has 0 aliphatic heterocycles. The number of hydrogen-bond acceptors (Lipinski definition) is 4. The van der Waals surface area contributed by atoms with Crippen molar-refractivity contribution >= 4 is 27.3 Å². The van der Waals surface area contributed by atoms with E-state index in [1.54, 1.807) is 55.9 Å². The van der Waals surface area contributed by atoms with Gasteiger partial charge in [0.05, 0.1) is 22.0 Å². The predicted octanol–water partition coefficient (Wildman–Crippen LogP) is 3.99. The first-order valence-electron chi connectivity index (χ1n) is 10.6. The van der Waals surface area contributed by atoms with Gasteiger partial charge in [0.25, 0.3) is 21.5 Å². The van der Waals surface area contributed by atoms with Gasteiger partial charge in [0.1, 0.15) is 11.5 Å². The first-order valence-corrected chi connectivity index (χ1v) is 12.1. The van der Waals surface area contributed by atoms with E-state index >= 15 is 0 Å². The highest BCUT2D eigenvalue weighted by Gasteiger charge is 2.23. The van der Waals surface area contributed by atoms with Gasteiger partial charge in [-0.05, 0) is 67.9 Å². The molecule has 0 spiro atoms. The number of carbonyl (C=O) groups is 1. The highest BCUT2D eigenvalue weighted by molar-refractivity contribution is 7.92. The summed E-state index contributed by atoms with van der Waals surface area (Å²) in [6, 6.07) is 18.3. The first kappa shape index (κ1) is 24.0. The molecule has 0 aliphatic rings. The zero-order valence-electron chi connectivity index (χ0n) is 19.2. The van der Waals surface area contributed by atoms with E-state index in [1.165, 1.54) is 41.1 Å². The predicted molar refractivity (Wildman–Crippen MR) is 132 cm³/mol. The minimum absolute atomic E-state index is 0.0302. The van der Waals surface area contributed by atoms with Crippen molar-refractivity contribution in [2.75, 3.05) is 10.0 Å². The molecule has 0 saturated carbocycles. The van der Waals surface area contributed by atoms with Crippen LogP contribution in [0.4, 0.5) is 15.8 Å². The van der Waals surface area contributed by atoms with E-state index in [0.29, 0.717) is 11.4 Å². The van der Waals surface area contributed by atoms with E-state index in [0.717, 1.165) is 5.56 Å². The Morgan fingerprint density at radius 3 is 2.26 bits per heavy atom. The summed E-state index contributed by atoms with van der Waals surface area (Å²) in [5, 5.41) is 2.48. The number of hydrogen-bond donors (Lipinski definition) is 2. The number of rotatable bonds is 6. The van der Waals surface area contributed by atoms with Crippen molar-refractivity contribution in [1.82, 2.24) is 9.36 Å². The van der Waals surface area contributed by atoms with E-state index in [2.05, 4.69) is 10.0 Å². The number of amides is 1. The van der Waals surface area contributed by atoms with Crippen molar-refractivity contribution in [2.45, 2.75) is 18.7 Å². The van der Waals surface area contributed by atoms with Crippen LogP contribution in [-0.2, 0) is 17.1 Å². The average Bonchev–Trinajstić information content (AvgIpc) is 3.04. The van der Waals surface area contributed by atoms with E-state index in [9.17, 15) is 22.4 Å². The minimum atomic E-state index is -4.13. The normalized spacial score (nSPS) is 11.3. The van der Waals surface area contributed by atoms with Gasteiger partial charge in [0.2, 0.25) is 0 Å². The van der Waals surface area contributed by atoms with Crippen LogP contribution in [0.15, 0.2) is 82.5 Å². The first-order chi connectivity index (χ1) is 16.6. The van der Waals surface area contributed by atoms with Gasteiger partial charge in [-0.2, -0.15) is 0 Å². The molecule has 180 valence electrons. The Kier molecular flexibility index (Phi) is 6.31. The molecule has 35 heavy (non-hydrogen) atoms. The molecule has 3 aromatic carbocycles. The topological polar surface area (TPSA) is 102 Å². The molecule has 0 radical (unpaired) electrons. The third-order valence-corrected chi connectivity index (χ3v) is 6.95. The summed E-state index contributed by atoms with van der Waals surface area (Å²) in [5.41, 5.74) is 1.38. The van der Waals surface area contributed by atoms with Gasteiger partial charge in [0.15, 0.2) is 0 Å². The SMILES string of the molecule is Cc1ccc(F)c(NC(=O)c2ccc(S(=O)(=O)Nc3c(C)n(C)n(-c4ccccc4)c3=O)cc2)c1. The van der Waals surface area contributed by atoms with Crippen LogP contribution in [0.5, 0.6) is 0 Å². The van der Waals surface area contributed by atoms with Crippen molar-refractivity contribution in [1.29, 1.82) is 0 Å². The van der Waals surface area contributed by atoms with Gasteiger partial charge >= 0.3 is 0 Å². The summed E-state index contributed by atoms with van der Waals surface area (Å²) in [4.78, 5) is 25.4. The molecule has 1 heterocycles. The molecule has 0 aliphatic carbocycles. The van der Waals surface area contributed by atoms with E-state index in [-0.39, 0.29) is 21.8 Å². The Balaban J connectivity index is 1.58. The molecule has 4 aromatic rings. The van der Waals surface area contributed by atoms with Gasteiger partial charge in [0, 0.05) is 12.6 Å². The van der Waals surface area contributed by atoms with Crippen LogP contribution in [0.25, 0.3) is 5.69 Å². The molecule has 4 rings (SSSR count). The van der Waals surface area contributed by atoms with Crippen molar-refractivity contribution in [2.24, 2.45) is 7.05 Å². The van der Waals surface area contributed by atoms with Crippen LogP contribution in [-0.4, -0.2) is 23.7 Å². The smallest absolute Gasteiger partial charge is 0.296 e. The lowest BCUT2D eigenvalue weighted by atomic mass is 10.2. The maximum absolute atomic E-state index is 13.9. The summed E-state index contributed by atoms with van der Waals surface area (Å²) in [7, 11) is -2.47. The van der Waals surface area contributed by atoms with Crippen LogP contribution in [0.1, 0.15) is 21.6 Å². The van der Waals surface area contributed by atoms with Crippen molar-refractivity contribution in [3.63, 3.8) is 0 Å². The number of anilines is 2. The third-order valence-electron chi connectivity index (χ3n) is 5.59. The molecule has 0 fully saturated rings. The van der Waals surface area contributed by atoms with E-state index in [4.69, 9.17) is 0 Å². The second kappa shape index (κ2) is 9.22. The fraction of sp³-hybridized carbons (Fsp3) is 0.120. The van der Waals surface area contributed by atoms with Gasteiger partial charge < -0.3 is 5.32 Å². The molecular formula is C25H23FN4O4S. The molecule has 0 unspecified atom stereocenters.